The van der Waals surface area contributed by atoms with Crippen LogP contribution in [0.2, 0.25) is 5.02 Å². The summed E-state index contributed by atoms with van der Waals surface area (Å²) in [5.74, 6) is 0.0715. The van der Waals surface area contributed by atoms with Crippen LogP contribution >= 0.6 is 23.8 Å². The number of imidazole rings is 1. The highest BCUT2D eigenvalue weighted by atomic mass is 35.5. The Balaban J connectivity index is 2.13. The first-order chi connectivity index (χ1) is 9.47. The van der Waals surface area contributed by atoms with E-state index in [0.717, 1.165) is 25.0 Å². The fourth-order valence-electron chi connectivity index (χ4n) is 3.18. The Morgan fingerprint density at radius 1 is 1.45 bits per heavy atom. The summed E-state index contributed by atoms with van der Waals surface area (Å²) in [7, 11) is 2.13. The van der Waals surface area contributed by atoms with Gasteiger partial charge in [-0.15, -0.1) is 0 Å². The summed E-state index contributed by atoms with van der Waals surface area (Å²) in [6, 6.07) is 3.42. The van der Waals surface area contributed by atoms with Gasteiger partial charge in [0.2, 0.25) is 0 Å². The van der Waals surface area contributed by atoms with Gasteiger partial charge in [0.1, 0.15) is 5.82 Å². The molecule has 3 rings (SSSR count). The van der Waals surface area contributed by atoms with Gasteiger partial charge in [-0.25, -0.2) is 4.39 Å². The zero-order chi connectivity index (χ0) is 14.4. The molecule has 1 fully saturated rings. The van der Waals surface area contributed by atoms with Crippen LogP contribution in [-0.2, 0) is 0 Å². The molecular weight excluding hydrogens is 297 g/mol. The van der Waals surface area contributed by atoms with Crippen molar-refractivity contribution in [3.63, 3.8) is 0 Å². The van der Waals surface area contributed by atoms with Crippen LogP contribution in [0.3, 0.4) is 0 Å². The molecule has 1 N–H and O–H groups in total. The van der Waals surface area contributed by atoms with E-state index >= 15 is 0 Å². The third kappa shape index (κ3) is 2.28. The summed E-state index contributed by atoms with van der Waals surface area (Å²) in [6.07, 6.45) is 1.04. The van der Waals surface area contributed by atoms with Crippen molar-refractivity contribution < 1.29 is 4.39 Å². The Morgan fingerprint density at radius 3 is 2.90 bits per heavy atom. The smallest absolute Gasteiger partial charge is 0.178 e. The summed E-state index contributed by atoms with van der Waals surface area (Å²) in [5, 5.41) is 0.140. The van der Waals surface area contributed by atoms with Gasteiger partial charge >= 0.3 is 0 Å². The number of aromatic amines is 1. The van der Waals surface area contributed by atoms with Crippen molar-refractivity contribution in [1.29, 1.82) is 0 Å². The summed E-state index contributed by atoms with van der Waals surface area (Å²) >= 11 is 11.4. The molecule has 0 bridgehead atoms. The average molecular weight is 314 g/mol. The van der Waals surface area contributed by atoms with Crippen molar-refractivity contribution >= 4 is 34.9 Å². The minimum atomic E-state index is -0.418. The van der Waals surface area contributed by atoms with E-state index in [0.29, 0.717) is 22.2 Å². The van der Waals surface area contributed by atoms with Crippen LogP contribution in [0.4, 0.5) is 4.39 Å². The number of aromatic nitrogens is 2. The van der Waals surface area contributed by atoms with Crippen LogP contribution in [0.1, 0.15) is 19.4 Å². The van der Waals surface area contributed by atoms with Gasteiger partial charge in [0.15, 0.2) is 4.77 Å². The molecule has 108 valence electrons. The third-order valence-corrected chi connectivity index (χ3v) is 4.74. The molecule has 6 heteroatoms. The SMILES string of the molecule is CC1CN(C)CCC1n1c(=S)[nH]c2cc(F)c(Cl)cc21. The molecule has 2 heterocycles. The molecule has 0 radical (unpaired) electrons. The van der Waals surface area contributed by atoms with E-state index in [9.17, 15) is 4.39 Å². The summed E-state index contributed by atoms with van der Waals surface area (Å²) < 4.78 is 16.3. The quantitative estimate of drug-likeness (QED) is 0.804. The van der Waals surface area contributed by atoms with Crippen LogP contribution in [0.15, 0.2) is 12.1 Å². The lowest BCUT2D eigenvalue weighted by atomic mass is 9.94. The molecule has 1 aliphatic heterocycles. The fourth-order valence-corrected chi connectivity index (χ4v) is 3.68. The minimum Gasteiger partial charge on any atom is -0.330 e. The van der Waals surface area contributed by atoms with E-state index in [1.807, 2.05) is 0 Å². The largest absolute Gasteiger partial charge is 0.330 e. The maximum Gasteiger partial charge on any atom is 0.178 e. The van der Waals surface area contributed by atoms with Crippen LogP contribution in [-0.4, -0.2) is 34.6 Å². The number of benzene rings is 1. The lowest BCUT2D eigenvalue weighted by Gasteiger charge is -2.35. The van der Waals surface area contributed by atoms with Crippen molar-refractivity contribution in [2.24, 2.45) is 5.92 Å². The molecule has 0 saturated carbocycles. The van der Waals surface area contributed by atoms with E-state index < -0.39 is 5.82 Å². The topological polar surface area (TPSA) is 24.0 Å². The number of halogens is 2. The van der Waals surface area contributed by atoms with E-state index in [-0.39, 0.29) is 5.02 Å². The molecule has 0 spiro atoms. The van der Waals surface area contributed by atoms with Crippen LogP contribution in [0, 0.1) is 16.5 Å². The molecule has 2 unspecified atom stereocenters. The molecule has 2 aromatic rings. The normalized spacial score (nSPS) is 24.4. The Kier molecular flexibility index (Phi) is 3.60. The van der Waals surface area contributed by atoms with Crippen molar-refractivity contribution in [2.75, 3.05) is 20.1 Å². The van der Waals surface area contributed by atoms with Gasteiger partial charge in [0.25, 0.3) is 0 Å². The maximum absolute atomic E-state index is 13.6. The highest BCUT2D eigenvalue weighted by Crippen LogP contribution is 2.32. The van der Waals surface area contributed by atoms with Gasteiger partial charge in [-0.2, -0.15) is 0 Å². The number of rotatable bonds is 1. The minimum absolute atomic E-state index is 0.140. The number of likely N-dealkylation sites (tertiary alicyclic amines) is 1. The molecular formula is C14H17ClFN3S. The van der Waals surface area contributed by atoms with Gasteiger partial charge in [-0.1, -0.05) is 18.5 Å². The zero-order valence-corrected chi connectivity index (χ0v) is 13.1. The van der Waals surface area contributed by atoms with Gasteiger partial charge in [0.05, 0.1) is 16.1 Å². The lowest BCUT2D eigenvalue weighted by Crippen LogP contribution is -2.37. The number of fused-ring (bicyclic) bond motifs is 1. The monoisotopic (exact) mass is 313 g/mol. The number of H-pyrrole nitrogens is 1. The van der Waals surface area contributed by atoms with Crippen LogP contribution < -0.4 is 0 Å². The predicted molar refractivity (Wildman–Crippen MR) is 82.4 cm³/mol. The summed E-state index contributed by atoms with van der Waals surface area (Å²) in [4.78, 5) is 5.42. The molecule has 1 aromatic heterocycles. The number of hydrogen-bond donors (Lipinski definition) is 1. The van der Waals surface area contributed by atoms with Crippen LogP contribution in [0.5, 0.6) is 0 Å². The number of nitrogens with zero attached hydrogens (tertiary/aromatic N) is 2. The first kappa shape index (κ1) is 14.0. The molecule has 1 aromatic carbocycles. The zero-order valence-electron chi connectivity index (χ0n) is 11.5. The van der Waals surface area contributed by atoms with Gasteiger partial charge in [0, 0.05) is 18.7 Å². The van der Waals surface area contributed by atoms with Gasteiger partial charge < -0.3 is 14.5 Å². The highest BCUT2D eigenvalue weighted by molar-refractivity contribution is 7.71. The Bertz CT molecular complexity index is 708. The number of nitrogens with one attached hydrogen (secondary N) is 1. The highest BCUT2D eigenvalue weighted by Gasteiger charge is 2.27. The first-order valence-electron chi connectivity index (χ1n) is 6.75. The summed E-state index contributed by atoms with van der Waals surface area (Å²) in [6.45, 7) is 4.30. The van der Waals surface area contributed by atoms with E-state index in [1.54, 1.807) is 6.07 Å². The second-order valence-electron chi connectivity index (χ2n) is 5.68. The molecule has 3 nitrogen and oxygen atoms in total. The predicted octanol–water partition coefficient (Wildman–Crippen LogP) is 4.00. The Labute approximate surface area is 127 Å². The molecule has 0 amide bonds. The molecule has 20 heavy (non-hydrogen) atoms. The second-order valence-corrected chi connectivity index (χ2v) is 6.47. The second kappa shape index (κ2) is 5.13. The van der Waals surface area contributed by atoms with Crippen molar-refractivity contribution in [3.05, 3.63) is 27.7 Å². The van der Waals surface area contributed by atoms with Gasteiger partial charge in [-0.3, -0.25) is 0 Å². The molecule has 1 aliphatic rings. The third-order valence-electron chi connectivity index (χ3n) is 4.15. The number of piperidine rings is 1. The molecule has 0 aliphatic carbocycles. The van der Waals surface area contributed by atoms with Crippen molar-refractivity contribution in [1.82, 2.24) is 14.5 Å². The van der Waals surface area contributed by atoms with E-state index in [4.69, 9.17) is 23.8 Å². The molecule has 1 saturated heterocycles. The fraction of sp³-hybridized carbons (Fsp3) is 0.500. The maximum atomic E-state index is 13.6. The van der Waals surface area contributed by atoms with E-state index in [2.05, 4.69) is 28.4 Å². The average Bonchev–Trinajstić information content (AvgIpc) is 2.66. The lowest BCUT2D eigenvalue weighted by molar-refractivity contribution is 0.160. The Hall–Kier alpha value is -0.910. The molecule has 2 atom stereocenters. The first-order valence-corrected chi connectivity index (χ1v) is 7.54. The summed E-state index contributed by atoms with van der Waals surface area (Å²) in [5.41, 5.74) is 1.60. The Morgan fingerprint density at radius 2 is 2.20 bits per heavy atom. The number of hydrogen-bond acceptors (Lipinski definition) is 2. The van der Waals surface area contributed by atoms with Crippen molar-refractivity contribution in [2.45, 2.75) is 19.4 Å². The van der Waals surface area contributed by atoms with Gasteiger partial charge in [-0.05, 0) is 44.2 Å². The standard InChI is InChI=1S/C14H17ClFN3S/c1-8-7-18(2)4-3-12(8)19-13-5-9(15)10(16)6-11(13)17-14(19)20/h5-6,8,12H,3-4,7H2,1-2H3,(H,17,20). The van der Waals surface area contributed by atoms with Crippen molar-refractivity contribution in [3.8, 4) is 0 Å². The van der Waals surface area contributed by atoms with E-state index in [1.165, 1.54) is 6.07 Å². The van der Waals surface area contributed by atoms with Crippen LogP contribution in [0.25, 0.3) is 11.0 Å².